The summed E-state index contributed by atoms with van der Waals surface area (Å²) in [7, 11) is 0. The van der Waals surface area contributed by atoms with Crippen molar-refractivity contribution in [2.24, 2.45) is 0 Å². The van der Waals surface area contributed by atoms with E-state index >= 15 is 0 Å². The molecule has 6 heteroatoms. The number of rotatable bonds is 2. The van der Waals surface area contributed by atoms with Crippen LogP contribution in [0.15, 0.2) is 30.5 Å². The monoisotopic (exact) mass is 302 g/mol. The molecule has 1 N–H and O–H groups in total. The maximum atomic E-state index is 13.9. The van der Waals surface area contributed by atoms with Crippen molar-refractivity contribution in [1.29, 1.82) is 0 Å². The molecule has 2 aromatic rings. The third-order valence-corrected chi connectivity index (χ3v) is 4.08. The van der Waals surface area contributed by atoms with Crippen LogP contribution < -0.4 is 5.32 Å². The molecule has 3 rings (SSSR count). The largest absolute Gasteiger partial charge is 0.333 e. The Bertz CT molecular complexity index is 697. The number of benzene rings is 1. The number of hydrogen-bond acceptors (Lipinski definition) is 3. The molecular weight excluding hydrogens is 283 g/mol. The van der Waals surface area contributed by atoms with E-state index < -0.39 is 0 Å². The number of carbonyl (C=O) groups excluding carboxylic acids is 1. The number of para-hydroxylation sites is 1. The fraction of sp³-hybridized carbons (Fsp3) is 0.375. The van der Waals surface area contributed by atoms with Crippen LogP contribution in [-0.2, 0) is 0 Å². The first-order valence-electron chi connectivity index (χ1n) is 7.41. The highest BCUT2D eigenvalue weighted by atomic mass is 19.1. The molecule has 0 radical (unpaired) electrons. The van der Waals surface area contributed by atoms with Crippen LogP contribution in [0.1, 0.15) is 23.0 Å². The maximum Gasteiger partial charge on any atom is 0.257 e. The summed E-state index contributed by atoms with van der Waals surface area (Å²) in [5, 5.41) is 7.46. The van der Waals surface area contributed by atoms with E-state index in [1.807, 2.05) is 11.8 Å². The van der Waals surface area contributed by atoms with Crippen LogP contribution in [0, 0.1) is 12.7 Å². The van der Waals surface area contributed by atoms with Crippen molar-refractivity contribution in [2.45, 2.75) is 19.9 Å². The van der Waals surface area contributed by atoms with Crippen LogP contribution in [-0.4, -0.2) is 46.3 Å². The zero-order valence-electron chi connectivity index (χ0n) is 12.7. The summed E-state index contributed by atoms with van der Waals surface area (Å²) < 4.78 is 15.4. The van der Waals surface area contributed by atoms with Gasteiger partial charge in [0.2, 0.25) is 0 Å². The summed E-state index contributed by atoms with van der Waals surface area (Å²) in [4.78, 5) is 14.6. The molecule has 1 atom stereocenters. The van der Waals surface area contributed by atoms with Crippen LogP contribution in [0.2, 0.25) is 0 Å². The van der Waals surface area contributed by atoms with Gasteiger partial charge in [-0.1, -0.05) is 12.1 Å². The molecule has 2 heterocycles. The molecule has 0 bridgehead atoms. The van der Waals surface area contributed by atoms with Crippen molar-refractivity contribution in [3.8, 4) is 5.69 Å². The zero-order chi connectivity index (χ0) is 15.7. The fourth-order valence-electron chi connectivity index (χ4n) is 2.78. The van der Waals surface area contributed by atoms with Crippen LogP contribution in [0.3, 0.4) is 0 Å². The summed E-state index contributed by atoms with van der Waals surface area (Å²) >= 11 is 0. The van der Waals surface area contributed by atoms with Crippen molar-refractivity contribution in [3.05, 3.63) is 47.5 Å². The lowest BCUT2D eigenvalue weighted by Crippen LogP contribution is -2.52. The van der Waals surface area contributed by atoms with Gasteiger partial charge in [0.1, 0.15) is 11.5 Å². The smallest absolute Gasteiger partial charge is 0.257 e. The molecule has 1 saturated heterocycles. The third kappa shape index (κ3) is 2.50. The lowest BCUT2D eigenvalue weighted by molar-refractivity contribution is 0.0655. The van der Waals surface area contributed by atoms with Gasteiger partial charge in [-0.15, -0.1) is 0 Å². The number of aromatic nitrogens is 2. The van der Waals surface area contributed by atoms with Gasteiger partial charge in [0.05, 0.1) is 17.5 Å². The van der Waals surface area contributed by atoms with Gasteiger partial charge in [0, 0.05) is 25.7 Å². The van der Waals surface area contributed by atoms with Gasteiger partial charge in [0.15, 0.2) is 0 Å². The molecular formula is C16H19FN4O. The van der Waals surface area contributed by atoms with E-state index in [2.05, 4.69) is 10.4 Å². The normalized spacial score (nSPS) is 18.5. The topological polar surface area (TPSA) is 50.2 Å². The minimum Gasteiger partial charge on any atom is -0.333 e. The Balaban J connectivity index is 1.94. The standard InChI is InChI=1S/C16H19FN4O/c1-11-9-18-7-8-20(11)16(22)13-10-19-21(12(13)2)15-6-4-3-5-14(15)17/h3-6,10-11,18H,7-9H2,1-2H3/t11-/m0/s1. The van der Waals surface area contributed by atoms with Crippen molar-refractivity contribution in [1.82, 2.24) is 20.0 Å². The fourth-order valence-corrected chi connectivity index (χ4v) is 2.78. The molecule has 1 aliphatic rings. The minimum absolute atomic E-state index is 0.0471. The number of nitrogens with one attached hydrogen (secondary N) is 1. The predicted molar refractivity (Wildman–Crippen MR) is 81.6 cm³/mol. The molecule has 1 aromatic heterocycles. The molecule has 5 nitrogen and oxygen atoms in total. The molecule has 0 unspecified atom stereocenters. The van der Waals surface area contributed by atoms with E-state index in [9.17, 15) is 9.18 Å². The number of nitrogens with zero attached hydrogens (tertiary/aromatic N) is 3. The first kappa shape index (κ1) is 14.7. The second-order valence-electron chi connectivity index (χ2n) is 5.56. The van der Waals surface area contributed by atoms with Crippen molar-refractivity contribution >= 4 is 5.91 Å². The van der Waals surface area contributed by atoms with Crippen LogP contribution in [0.4, 0.5) is 4.39 Å². The average molecular weight is 302 g/mol. The van der Waals surface area contributed by atoms with Crippen molar-refractivity contribution in [3.63, 3.8) is 0 Å². The molecule has 0 saturated carbocycles. The van der Waals surface area contributed by atoms with Gasteiger partial charge in [0.25, 0.3) is 5.91 Å². The van der Waals surface area contributed by atoms with Crippen molar-refractivity contribution in [2.75, 3.05) is 19.6 Å². The SMILES string of the molecule is Cc1c(C(=O)N2CCNC[C@@H]2C)cnn1-c1ccccc1F. The molecule has 0 spiro atoms. The predicted octanol–water partition coefficient (Wildman–Crippen LogP) is 1.75. The molecule has 116 valence electrons. The summed E-state index contributed by atoms with van der Waals surface area (Å²) in [6.45, 7) is 6.05. The first-order chi connectivity index (χ1) is 10.6. The molecule has 1 aromatic carbocycles. The van der Waals surface area contributed by atoms with E-state index in [1.54, 1.807) is 25.1 Å². The Kier molecular flexibility index (Phi) is 3.94. The van der Waals surface area contributed by atoms with Gasteiger partial charge in [-0.05, 0) is 26.0 Å². The summed E-state index contributed by atoms with van der Waals surface area (Å²) in [5.74, 6) is -0.405. The number of amides is 1. The van der Waals surface area contributed by atoms with Gasteiger partial charge in [-0.2, -0.15) is 5.10 Å². The Morgan fingerprint density at radius 1 is 1.41 bits per heavy atom. The number of carbonyl (C=O) groups is 1. The van der Waals surface area contributed by atoms with Crippen LogP contribution in [0.5, 0.6) is 0 Å². The van der Waals surface area contributed by atoms with E-state index in [-0.39, 0.29) is 17.8 Å². The van der Waals surface area contributed by atoms with Crippen molar-refractivity contribution < 1.29 is 9.18 Å². The number of hydrogen-bond donors (Lipinski definition) is 1. The van der Waals surface area contributed by atoms with Crippen LogP contribution in [0.25, 0.3) is 5.69 Å². The third-order valence-electron chi connectivity index (χ3n) is 4.08. The van der Waals surface area contributed by atoms with Crippen LogP contribution >= 0.6 is 0 Å². The zero-order valence-corrected chi connectivity index (χ0v) is 12.7. The molecule has 1 aliphatic heterocycles. The average Bonchev–Trinajstić information content (AvgIpc) is 2.89. The lowest BCUT2D eigenvalue weighted by Gasteiger charge is -2.33. The van der Waals surface area contributed by atoms with E-state index in [4.69, 9.17) is 0 Å². The van der Waals surface area contributed by atoms with Gasteiger partial charge in [-0.25, -0.2) is 9.07 Å². The van der Waals surface area contributed by atoms with Gasteiger partial charge >= 0.3 is 0 Å². The Morgan fingerprint density at radius 3 is 2.91 bits per heavy atom. The molecule has 1 amide bonds. The highest BCUT2D eigenvalue weighted by molar-refractivity contribution is 5.95. The Labute approximate surface area is 128 Å². The first-order valence-corrected chi connectivity index (χ1v) is 7.41. The quantitative estimate of drug-likeness (QED) is 0.919. The molecule has 22 heavy (non-hydrogen) atoms. The lowest BCUT2D eigenvalue weighted by atomic mass is 10.1. The summed E-state index contributed by atoms with van der Waals surface area (Å²) in [6, 6.07) is 6.55. The van der Waals surface area contributed by atoms with Gasteiger partial charge in [-0.3, -0.25) is 4.79 Å². The second-order valence-corrected chi connectivity index (χ2v) is 5.56. The van der Waals surface area contributed by atoms with E-state index in [0.717, 1.165) is 13.1 Å². The maximum absolute atomic E-state index is 13.9. The highest BCUT2D eigenvalue weighted by Gasteiger charge is 2.27. The molecule has 0 aliphatic carbocycles. The highest BCUT2D eigenvalue weighted by Crippen LogP contribution is 2.19. The summed E-state index contributed by atoms with van der Waals surface area (Å²) in [6.07, 6.45) is 1.53. The Hall–Kier alpha value is -2.21. The Morgan fingerprint density at radius 2 is 2.18 bits per heavy atom. The second kappa shape index (κ2) is 5.88. The van der Waals surface area contributed by atoms with E-state index in [1.165, 1.54) is 16.9 Å². The molecule has 1 fully saturated rings. The number of halogens is 1. The van der Waals surface area contributed by atoms with Gasteiger partial charge < -0.3 is 10.2 Å². The summed E-state index contributed by atoms with van der Waals surface area (Å²) in [5.41, 5.74) is 1.53. The minimum atomic E-state index is -0.358. The van der Waals surface area contributed by atoms with E-state index in [0.29, 0.717) is 23.5 Å². The number of piperazine rings is 1.